The number of benzene rings is 1. The summed E-state index contributed by atoms with van der Waals surface area (Å²) in [6.07, 6.45) is 4.33. The summed E-state index contributed by atoms with van der Waals surface area (Å²) in [6, 6.07) is 13.6. The quantitative estimate of drug-likeness (QED) is 0.416. The number of morpholine rings is 1. The predicted molar refractivity (Wildman–Crippen MR) is 126 cm³/mol. The fourth-order valence-corrected chi connectivity index (χ4v) is 4.21. The van der Waals surface area contributed by atoms with Gasteiger partial charge < -0.3 is 15.0 Å². The van der Waals surface area contributed by atoms with Crippen LogP contribution in [0.4, 0.5) is 5.82 Å². The number of carbonyl (C=O) groups excluding carboxylic acids is 1. The predicted octanol–water partition coefficient (Wildman–Crippen LogP) is 3.49. The topological polar surface area (TPSA) is 80.2 Å². The van der Waals surface area contributed by atoms with Crippen molar-refractivity contribution in [3.8, 4) is 0 Å². The van der Waals surface area contributed by atoms with Crippen LogP contribution in [0.2, 0.25) is 0 Å². The van der Waals surface area contributed by atoms with Gasteiger partial charge in [-0.25, -0.2) is 9.97 Å². The van der Waals surface area contributed by atoms with Gasteiger partial charge in [0.05, 0.1) is 13.2 Å². The van der Waals surface area contributed by atoms with Crippen LogP contribution in [0.25, 0.3) is 0 Å². The van der Waals surface area contributed by atoms with Gasteiger partial charge in [0, 0.05) is 55.1 Å². The maximum Gasteiger partial charge on any atom is 0.251 e. The molecule has 2 aromatic heterocycles. The minimum atomic E-state index is -0.0977. The molecule has 1 aromatic carbocycles. The first-order valence-electron chi connectivity index (χ1n) is 10.8. The number of pyridine rings is 1. The average molecular weight is 450 g/mol. The molecule has 166 valence electrons. The normalized spacial score (nSPS) is 13.7. The van der Waals surface area contributed by atoms with E-state index in [0.29, 0.717) is 17.9 Å². The fraction of sp³-hybridized carbons (Fsp3) is 0.333. The number of amides is 1. The van der Waals surface area contributed by atoms with E-state index in [0.717, 1.165) is 60.5 Å². The highest BCUT2D eigenvalue weighted by atomic mass is 32.2. The molecule has 1 aliphatic rings. The molecule has 0 spiro atoms. The lowest BCUT2D eigenvalue weighted by molar-refractivity contribution is 0.0950. The van der Waals surface area contributed by atoms with E-state index < -0.39 is 0 Å². The summed E-state index contributed by atoms with van der Waals surface area (Å²) in [4.78, 5) is 28.4. The molecule has 0 aliphatic carbocycles. The van der Waals surface area contributed by atoms with Crippen LogP contribution in [-0.2, 0) is 23.5 Å². The van der Waals surface area contributed by atoms with Gasteiger partial charge in [0.1, 0.15) is 5.82 Å². The standard InChI is InChI=1S/C24H27N5O2S/c1-2-21-14-22(29-9-11-31-12-10-29)28-24(27-21)32-17-18-5-3-7-20(13-18)23(30)26-16-19-6-4-8-25-15-19/h3-8,13-15H,2,9-12,16-17H2,1H3,(H,26,30). The van der Waals surface area contributed by atoms with Gasteiger partial charge in [0.15, 0.2) is 5.16 Å². The number of nitrogens with zero attached hydrogens (tertiary/aromatic N) is 4. The van der Waals surface area contributed by atoms with Crippen LogP contribution in [0, 0.1) is 0 Å². The molecule has 1 saturated heterocycles. The second-order valence-corrected chi connectivity index (χ2v) is 8.43. The Kier molecular flexibility index (Phi) is 7.68. The molecular weight excluding hydrogens is 422 g/mol. The zero-order chi connectivity index (χ0) is 22.2. The van der Waals surface area contributed by atoms with Crippen molar-refractivity contribution in [2.24, 2.45) is 0 Å². The molecule has 0 saturated carbocycles. The Morgan fingerprint density at radius 3 is 2.75 bits per heavy atom. The lowest BCUT2D eigenvalue weighted by atomic mass is 10.1. The number of anilines is 1. The maximum atomic E-state index is 12.6. The summed E-state index contributed by atoms with van der Waals surface area (Å²) in [5.74, 6) is 1.56. The van der Waals surface area contributed by atoms with E-state index in [-0.39, 0.29) is 5.91 Å². The van der Waals surface area contributed by atoms with Crippen molar-refractivity contribution >= 4 is 23.5 Å². The summed E-state index contributed by atoms with van der Waals surface area (Å²) in [6.45, 7) is 5.70. The molecule has 1 N–H and O–H groups in total. The number of ether oxygens (including phenoxy) is 1. The summed E-state index contributed by atoms with van der Waals surface area (Å²) in [5, 5.41) is 3.71. The van der Waals surface area contributed by atoms with Crippen LogP contribution < -0.4 is 10.2 Å². The summed E-state index contributed by atoms with van der Waals surface area (Å²) < 4.78 is 5.46. The average Bonchev–Trinajstić information content (AvgIpc) is 2.87. The van der Waals surface area contributed by atoms with Gasteiger partial charge in [-0.1, -0.05) is 36.9 Å². The minimum absolute atomic E-state index is 0.0977. The van der Waals surface area contributed by atoms with E-state index in [1.54, 1.807) is 24.2 Å². The highest BCUT2D eigenvalue weighted by Gasteiger charge is 2.15. The van der Waals surface area contributed by atoms with Crippen LogP contribution in [0.3, 0.4) is 0 Å². The highest BCUT2D eigenvalue weighted by Crippen LogP contribution is 2.24. The Labute approximate surface area is 192 Å². The first-order chi connectivity index (χ1) is 15.7. The zero-order valence-electron chi connectivity index (χ0n) is 18.2. The second-order valence-electron chi connectivity index (χ2n) is 7.49. The molecule has 32 heavy (non-hydrogen) atoms. The summed E-state index contributed by atoms with van der Waals surface area (Å²) in [7, 11) is 0. The number of rotatable bonds is 8. The first-order valence-corrected chi connectivity index (χ1v) is 11.8. The Morgan fingerprint density at radius 2 is 1.97 bits per heavy atom. The molecule has 0 unspecified atom stereocenters. The van der Waals surface area contributed by atoms with E-state index in [9.17, 15) is 4.79 Å². The van der Waals surface area contributed by atoms with Crippen molar-refractivity contribution in [2.45, 2.75) is 30.8 Å². The molecule has 4 rings (SSSR count). The zero-order valence-corrected chi connectivity index (χ0v) is 19.0. The number of nitrogens with one attached hydrogen (secondary N) is 1. The Bertz CT molecular complexity index is 1040. The monoisotopic (exact) mass is 449 g/mol. The summed E-state index contributed by atoms with van der Waals surface area (Å²) >= 11 is 1.59. The van der Waals surface area contributed by atoms with Gasteiger partial charge in [-0.05, 0) is 35.7 Å². The van der Waals surface area contributed by atoms with E-state index in [1.807, 2.05) is 36.4 Å². The Balaban J connectivity index is 1.40. The van der Waals surface area contributed by atoms with Gasteiger partial charge in [0.25, 0.3) is 5.91 Å². The molecule has 7 nitrogen and oxygen atoms in total. The van der Waals surface area contributed by atoms with Crippen LogP contribution in [0.1, 0.15) is 34.1 Å². The van der Waals surface area contributed by atoms with E-state index in [4.69, 9.17) is 14.7 Å². The smallest absolute Gasteiger partial charge is 0.251 e. The molecule has 1 amide bonds. The van der Waals surface area contributed by atoms with Crippen LogP contribution in [0.15, 0.2) is 60.0 Å². The summed E-state index contributed by atoms with van der Waals surface area (Å²) in [5.41, 5.74) is 3.70. The van der Waals surface area contributed by atoms with Crippen molar-refractivity contribution in [3.05, 3.63) is 77.2 Å². The molecule has 3 aromatic rings. The van der Waals surface area contributed by atoms with Crippen LogP contribution >= 0.6 is 11.8 Å². The van der Waals surface area contributed by atoms with E-state index in [1.165, 1.54) is 0 Å². The molecule has 3 heterocycles. The molecule has 0 bridgehead atoms. The highest BCUT2D eigenvalue weighted by molar-refractivity contribution is 7.98. The number of carbonyl (C=O) groups is 1. The largest absolute Gasteiger partial charge is 0.378 e. The SMILES string of the molecule is CCc1cc(N2CCOCC2)nc(SCc2cccc(C(=O)NCc3cccnc3)c2)n1. The van der Waals surface area contributed by atoms with Gasteiger partial charge in [0.2, 0.25) is 0 Å². The Hall–Kier alpha value is -2.97. The molecule has 0 radical (unpaired) electrons. The number of aryl methyl sites for hydroxylation is 1. The molecule has 0 atom stereocenters. The number of hydrogen-bond acceptors (Lipinski definition) is 7. The third kappa shape index (κ3) is 6.05. The molecule has 1 aliphatic heterocycles. The Morgan fingerprint density at radius 1 is 1.12 bits per heavy atom. The molecule has 1 fully saturated rings. The molecule has 8 heteroatoms. The van der Waals surface area contributed by atoms with Gasteiger partial charge in [-0.2, -0.15) is 0 Å². The van der Waals surface area contributed by atoms with Crippen LogP contribution in [-0.4, -0.2) is 47.2 Å². The van der Waals surface area contributed by atoms with Crippen molar-refractivity contribution in [1.82, 2.24) is 20.3 Å². The lowest BCUT2D eigenvalue weighted by Crippen LogP contribution is -2.37. The van der Waals surface area contributed by atoms with Gasteiger partial charge in [-0.3, -0.25) is 9.78 Å². The molecular formula is C24H27N5O2S. The van der Waals surface area contributed by atoms with Gasteiger partial charge >= 0.3 is 0 Å². The van der Waals surface area contributed by atoms with Crippen molar-refractivity contribution in [2.75, 3.05) is 31.2 Å². The van der Waals surface area contributed by atoms with Crippen LogP contribution in [0.5, 0.6) is 0 Å². The van der Waals surface area contributed by atoms with E-state index >= 15 is 0 Å². The third-order valence-electron chi connectivity index (χ3n) is 5.18. The van der Waals surface area contributed by atoms with E-state index in [2.05, 4.69) is 28.2 Å². The van der Waals surface area contributed by atoms with Crippen molar-refractivity contribution < 1.29 is 9.53 Å². The van der Waals surface area contributed by atoms with Gasteiger partial charge in [-0.15, -0.1) is 0 Å². The second kappa shape index (κ2) is 11.1. The fourth-order valence-electron chi connectivity index (χ4n) is 3.40. The lowest BCUT2D eigenvalue weighted by Gasteiger charge is -2.28. The first kappa shape index (κ1) is 22.2. The third-order valence-corrected chi connectivity index (χ3v) is 6.09. The van der Waals surface area contributed by atoms with Crippen molar-refractivity contribution in [3.63, 3.8) is 0 Å². The van der Waals surface area contributed by atoms with Crippen molar-refractivity contribution in [1.29, 1.82) is 0 Å². The number of hydrogen-bond donors (Lipinski definition) is 1. The minimum Gasteiger partial charge on any atom is -0.378 e. The number of thioether (sulfide) groups is 1. The number of aromatic nitrogens is 3. The maximum absolute atomic E-state index is 12.6.